The van der Waals surface area contributed by atoms with Gasteiger partial charge in [-0.05, 0) is 150 Å². The molecule has 2 aliphatic heterocycles. The van der Waals surface area contributed by atoms with E-state index in [0.29, 0.717) is 11.8 Å². The summed E-state index contributed by atoms with van der Waals surface area (Å²) in [6.45, 7) is 36.3. The molecule has 326 valence electrons. The number of hydrogen-bond acceptors (Lipinski definition) is 4. The van der Waals surface area contributed by atoms with Crippen LogP contribution in [0.3, 0.4) is 0 Å². The van der Waals surface area contributed by atoms with Gasteiger partial charge >= 0.3 is 0 Å². The number of nitrogens with zero attached hydrogens (tertiary/aromatic N) is 3. The molecule has 0 spiro atoms. The van der Waals surface area contributed by atoms with E-state index < -0.39 is 0 Å². The first kappa shape index (κ1) is 42.7. The van der Waals surface area contributed by atoms with Crippen LogP contribution in [-0.2, 0) is 16.2 Å². The quantitative estimate of drug-likeness (QED) is 0.188. The minimum Gasteiger partial charge on any atom is -0.327 e. The van der Waals surface area contributed by atoms with Crippen molar-refractivity contribution in [2.24, 2.45) is 34.0 Å². The Kier molecular flexibility index (Phi) is 9.24. The summed E-state index contributed by atoms with van der Waals surface area (Å²) in [6, 6.07) is 19.9. The van der Waals surface area contributed by atoms with Gasteiger partial charge in [-0.3, -0.25) is 0 Å². The molecule has 0 bridgehead atoms. The minimum absolute atomic E-state index is 0.00452. The van der Waals surface area contributed by atoms with Crippen LogP contribution in [0.4, 0.5) is 22.1 Å². The van der Waals surface area contributed by atoms with Crippen LogP contribution >= 0.6 is 11.3 Å². The molecule has 10 rings (SSSR count). The summed E-state index contributed by atoms with van der Waals surface area (Å²) in [5.74, 6) is 1.13. The highest BCUT2D eigenvalue weighted by Gasteiger charge is 2.51. The number of fused-ring (bicyclic) bond motifs is 8. The predicted octanol–water partition coefficient (Wildman–Crippen LogP) is 13.9. The molecule has 0 radical (unpaired) electrons. The van der Waals surface area contributed by atoms with Crippen molar-refractivity contribution in [3.63, 3.8) is 0 Å². The van der Waals surface area contributed by atoms with Gasteiger partial charge in [0.15, 0.2) is 0 Å². The van der Waals surface area contributed by atoms with E-state index in [9.17, 15) is 5.26 Å². The van der Waals surface area contributed by atoms with Gasteiger partial charge in [0, 0.05) is 27.5 Å². The number of anilines is 4. The van der Waals surface area contributed by atoms with Gasteiger partial charge in [-0.15, -0.1) is 11.3 Å². The maximum Gasteiger partial charge on any atom is 0.254 e. The van der Waals surface area contributed by atoms with Crippen LogP contribution in [-0.4, -0.2) is 12.8 Å². The Labute approximate surface area is 384 Å². The molecule has 0 saturated heterocycles. The number of hydrogen-bond donors (Lipinski definition) is 0. The second-order valence-corrected chi connectivity index (χ2v) is 26.3. The first-order chi connectivity index (χ1) is 29.3. The van der Waals surface area contributed by atoms with Crippen molar-refractivity contribution in [1.29, 1.82) is 5.26 Å². The zero-order chi connectivity index (χ0) is 45.1. The molecule has 1 aromatic heterocycles. The van der Waals surface area contributed by atoms with Gasteiger partial charge < -0.3 is 9.80 Å². The van der Waals surface area contributed by atoms with Crippen LogP contribution in [0.2, 0.25) is 0 Å². The second-order valence-electron chi connectivity index (χ2n) is 25.2. The Bertz CT molecular complexity index is 2780. The fraction of sp³-hybridized carbons (Fsp3) is 0.500. The molecule has 4 aliphatic carbocycles. The fourth-order valence-electron chi connectivity index (χ4n) is 12.6. The van der Waals surface area contributed by atoms with E-state index in [-0.39, 0.29) is 51.2 Å². The molecule has 4 atom stereocenters. The molecular weight excluding hydrogens is 782 g/mol. The maximum absolute atomic E-state index is 11.1. The number of allylic oxidation sites excluding steroid dienone is 5. The average Bonchev–Trinajstić information content (AvgIpc) is 3.59. The van der Waals surface area contributed by atoms with E-state index in [1.54, 1.807) is 0 Å². The second kappa shape index (κ2) is 13.6. The molecule has 3 nitrogen and oxygen atoms in total. The van der Waals surface area contributed by atoms with E-state index in [2.05, 4.69) is 199 Å². The Morgan fingerprint density at radius 2 is 1.35 bits per heavy atom. The first-order valence-electron chi connectivity index (χ1n) is 24.1. The summed E-state index contributed by atoms with van der Waals surface area (Å²) in [6.07, 6.45) is 19.8. The van der Waals surface area contributed by atoms with E-state index in [0.717, 1.165) is 17.7 Å². The van der Waals surface area contributed by atoms with Crippen molar-refractivity contribution in [2.45, 2.75) is 152 Å². The van der Waals surface area contributed by atoms with Crippen LogP contribution in [0, 0.1) is 45.3 Å². The van der Waals surface area contributed by atoms with Gasteiger partial charge in [0.05, 0.1) is 22.7 Å². The lowest BCUT2D eigenvalue weighted by Crippen LogP contribution is -2.63. The molecule has 63 heavy (non-hydrogen) atoms. The summed E-state index contributed by atoms with van der Waals surface area (Å²) in [4.78, 5) is 5.30. The van der Waals surface area contributed by atoms with Gasteiger partial charge in [0.1, 0.15) is 0 Å². The average molecular weight is 852 g/mol. The van der Waals surface area contributed by atoms with Gasteiger partial charge in [-0.1, -0.05) is 152 Å². The Balaban J connectivity index is 1.32. The molecule has 1 saturated carbocycles. The van der Waals surface area contributed by atoms with Crippen LogP contribution in [0.25, 0.3) is 10.1 Å². The fourth-order valence-corrected chi connectivity index (χ4v) is 13.9. The van der Waals surface area contributed by atoms with E-state index in [4.69, 9.17) is 0 Å². The summed E-state index contributed by atoms with van der Waals surface area (Å²) in [7, 11) is 0. The van der Waals surface area contributed by atoms with Crippen molar-refractivity contribution in [3.8, 4) is 6.07 Å². The van der Waals surface area contributed by atoms with Crippen molar-refractivity contribution in [1.82, 2.24) is 0 Å². The van der Waals surface area contributed by atoms with Crippen molar-refractivity contribution < 1.29 is 0 Å². The topological polar surface area (TPSA) is 30.3 Å². The monoisotopic (exact) mass is 852 g/mol. The molecule has 4 unspecified atom stereocenters. The number of benzene rings is 3. The van der Waals surface area contributed by atoms with Crippen LogP contribution in [0.5, 0.6) is 0 Å². The minimum atomic E-state index is 0.00452. The molecule has 0 N–H and O–H groups in total. The summed E-state index contributed by atoms with van der Waals surface area (Å²) >= 11 is 1.95. The van der Waals surface area contributed by atoms with Gasteiger partial charge in [0.25, 0.3) is 6.71 Å². The van der Waals surface area contributed by atoms with Gasteiger partial charge in [-0.25, -0.2) is 0 Å². The van der Waals surface area contributed by atoms with Crippen LogP contribution in [0.15, 0.2) is 90.2 Å². The lowest BCUT2D eigenvalue weighted by molar-refractivity contribution is 0.0327. The molecule has 6 aliphatic rings. The third kappa shape index (κ3) is 6.45. The molecule has 3 heterocycles. The number of rotatable bonds is 2. The molecule has 0 amide bonds. The highest BCUT2D eigenvalue weighted by molar-refractivity contribution is 7.26. The number of nitriles is 1. The van der Waals surface area contributed by atoms with E-state index >= 15 is 0 Å². The zero-order valence-corrected chi connectivity index (χ0v) is 41.8. The van der Waals surface area contributed by atoms with Crippen molar-refractivity contribution in [2.75, 3.05) is 9.80 Å². The molecule has 4 aromatic rings. The van der Waals surface area contributed by atoms with Crippen LogP contribution < -0.4 is 26.2 Å². The highest BCUT2D eigenvalue weighted by atomic mass is 32.1. The van der Waals surface area contributed by atoms with Crippen molar-refractivity contribution in [3.05, 3.63) is 112 Å². The highest BCUT2D eigenvalue weighted by Crippen LogP contribution is 2.57. The standard InChI is InChI=1S/C58H70BN3S/c1-34-26-36(53(2,3)4)16-20-45(34)62-48-28-35(33-60)27-47-51(48)59(50-39-29-37(54(5,6)7)17-21-49(39)63-52(50)62)44-31-42-43(58(14,15)25-24-57(42,12)13)32-46(44)61(47)38-18-19-40-41(30-38)56(10,11)23-22-55(40,8)9/h16-21,26-32,34,40-41,45H,22-25H2,1-15H3. The first-order valence-corrected chi connectivity index (χ1v) is 24.9. The third-order valence-corrected chi connectivity index (χ3v) is 18.2. The van der Waals surface area contributed by atoms with E-state index in [1.165, 1.54) is 90.1 Å². The Hall–Kier alpha value is -4.27. The SMILES string of the molecule is CC1C=C(C(C)(C)C)C=CC1N1c2cc(C#N)cc3c2B(c2cc4c(cc2N3C2=CC3C(C=C2)C(C)(C)CCC3(C)C)C(C)(C)CCC4(C)C)c2c1sc1ccc(C(C)(C)C)cc21. The van der Waals surface area contributed by atoms with Crippen LogP contribution in [0.1, 0.15) is 152 Å². The molecule has 5 heteroatoms. The van der Waals surface area contributed by atoms with Gasteiger partial charge in [0.2, 0.25) is 0 Å². The normalized spacial score (nSPS) is 25.9. The molecule has 3 aromatic carbocycles. The van der Waals surface area contributed by atoms with E-state index in [1.807, 2.05) is 11.3 Å². The predicted molar refractivity (Wildman–Crippen MR) is 273 cm³/mol. The smallest absolute Gasteiger partial charge is 0.254 e. The third-order valence-electron chi connectivity index (χ3n) is 17.0. The molecular formula is C58H70BN3S. The Morgan fingerprint density at radius 1 is 0.698 bits per heavy atom. The largest absolute Gasteiger partial charge is 0.327 e. The summed E-state index contributed by atoms with van der Waals surface area (Å²) in [5, 5.41) is 13.8. The van der Waals surface area contributed by atoms with Gasteiger partial charge in [-0.2, -0.15) is 5.26 Å². The zero-order valence-electron chi connectivity index (χ0n) is 41.0. The van der Waals surface area contributed by atoms with Crippen molar-refractivity contribution >= 4 is 66.6 Å². The molecule has 1 fully saturated rings. The maximum atomic E-state index is 11.1. The number of thiophene rings is 1. The summed E-state index contributed by atoms with van der Waals surface area (Å²) in [5.41, 5.74) is 16.1. The summed E-state index contributed by atoms with van der Waals surface area (Å²) < 4.78 is 1.33. The lowest BCUT2D eigenvalue weighted by Gasteiger charge is -2.53. The Morgan fingerprint density at radius 3 is 1.98 bits per heavy atom. The lowest BCUT2D eigenvalue weighted by atomic mass is 9.33.